The van der Waals surface area contributed by atoms with Crippen LogP contribution in [-0.2, 0) is 19.4 Å². The van der Waals surface area contributed by atoms with Gasteiger partial charge in [-0.05, 0) is 18.8 Å². The van der Waals surface area contributed by atoms with Crippen LogP contribution in [0.2, 0.25) is 0 Å². The van der Waals surface area contributed by atoms with Crippen LogP contribution in [0, 0.1) is 5.92 Å². The summed E-state index contributed by atoms with van der Waals surface area (Å²) in [5.74, 6) is -0.159. The highest BCUT2D eigenvalue weighted by Crippen LogP contribution is 2.20. The molecule has 2 fully saturated rings. The van der Waals surface area contributed by atoms with E-state index in [2.05, 4.69) is 5.32 Å². The zero-order valence-electron chi connectivity index (χ0n) is 12.0. The third-order valence-corrected chi connectivity index (χ3v) is 6.04. The predicted octanol–water partition coefficient (Wildman–Crippen LogP) is -0.0633. The summed E-state index contributed by atoms with van der Waals surface area (Å²) in [6.07, 6.45) is 1.83. The molecule has 2 aliphatic heterocycles. The topological polar surface area (TPSA) is 83.6 Å². The fourth-order valence-electron chi connectivity index (χ4n) is 3.03. The number of nitrogens with one attached hydrogen (secondary N) is 1. The Kier molecular flexibility index (Phi) is 4.36. The highest BCUT2D eigenvalue weighted by Gasteiger charge is 2.38. The molecule has 2 rings (SSSR count). The van der Waals surface area contributed by atoms with Crippen LogP contribution in [0.25, 0.3) is 0 Å². The Balaban J connectivity index is 2.01. The molecule has 2 heterocycles. The molecule has 20 heavy (non-hydrogen) atoms. The zero-order valence-corrected chi connectivity index (χ0v) is 12.8. The molecule has 0 radical (unpaired) electrons. The van der Waals surface area contributed by atoms with Gasteiger partial charge < -0.3 is 10.2 Å². The Morgan fingerprint density at radius 2 is 2.15 bits per heavy atom. The summed E-state index contributed by atoms with van der Waals surface area (Å²) in [6, 6.07) is -0.806. The Hall–Kier alpha value is -1.11. The van der Waals surface area contributed by atoms with E-state index in [-0.39, 0.29) is 35.3 Å². The molecule has 0 bridgehead atoms. The van der Waals surface area contributed by atoms with Gasteiger partial charge in [0.25, 0.3) is 0 Å². The average Bonchev–Trinajstić information content (AvgIpc) is 2.85. The standard InChI is InChI=1S/C13H22N2O4S/c1-3-11(15-6-4-5-12(15)16)13(17)14-10-8-20(18,19)7-9(10)2/h9-11H,3-8H2,1-2H3,(H,14,17)/t9-,10+,11?/m0/s1. The molecule has 7 heteroatoms. The van der Waals surface area contributed by atoms with Crippen molar-refractivity contribution in [3.8, 4) is 0 Å². The summed E-state index contributed by atoms with van der Waals surface area (Å²) in [5.41, 5.74) is 0. The van der Waals surface area contributed by atoms with Crippen LogP contribution >= 0.6 is 0 Å². The minimum atomic E-state index is -3.05. The second-order valence-corrected chi connectivity index (χ2v) is 7.94. The molecule has 0 aromatic rings. The average molecular weight is 302 g/mol. The smallest absolute Gasteiger partial charge is 0.243 e. The van der Waals surface area contributed by atoms with Gasteiger partial charge in [-0.3, -0.25) is 9.59 Å². The molecule has 0 spiro atoms. The summed E-state index contributed by atoms with van der Waals surface area (Å²) in [7, 11) is -3.05. The predicted molar refractivity (Wildman–Crippen MR) is 74.8 cm³/mol. The molecule has 0 aromatic heterocycles. The first-order valence-electron chi connectivity index (χ1n) is 7.14. The van der Waals surface area contributed by atoms with E-state index in [1.807, 2.05) is 13.8 Å². The molecule has 1 N–H and O–H groups in total. The van der Waals surface area contributed by atoms with Gasteiger partial charge in [-0.25, -0.2) is 8.42 Å². The van der Waals surface area contributed by atoms with Gasteiger partial charge in [0.2, 0.25) is 11.8 Å². The molecule has 0 aromatic carbocycles. The molecule has 0 saturated carbocycles. The number of sulfone groups is 1. The van der Waals surface area contributed by atoms with Crippen molar-refractivity contribution in [1.82, 2.24) is 10.2 Å². The van der Waals surface area contributed by atoms with Crippen molar-refractivity contribution in [2.45, 2.75) is 45.2 Å². The van der Waals surface area contributed by atoms with Gasteiger partial charge in [0, 0.05) is 19.0 Å². The van der Waals surface area contributed by atoms with Gasteiger partial charge in [0.05, 0.1) is 11.5 Å². The van der Waals surface area contributed by atoms with Gasteiger partial charge in [0.15, 0.2) is 9.84 Å². The maximum atomic E-state index is 12.3. The Morgan fingerprint density at radius 3 is 2.60 bits per heavy atom. The first-order chi connectivity index (χ1) is 9.34. The van der Waals surface area contributed by atoms with E-state index in [4.69, 9.17) is 0 Å². The monoisotopic (exact) mass is 302 g/mol. The van der Waals surface area contributed by atoms with Crippen LogP contribution < -0.4 is 5.32 Å². The van der Waals surface area contributed by atoms with E-state index in [1.165, 1.54) is 0 Å². The molecule has 6 nitrogen and oxygen atoms in total. The lowest BCUT2D eigenvalue weighted by Crippen LogP contribution is -2.51. The third-order valence-electron chi connectivity index (χ3n) is 4.14. The quantitative estimate of drug-likeness (QED) is 0.788. The summed E-state index contributed by atoms with van der Waals surface area (Å²) < 4.78 is 23.1. The van der Waals surface area contributed by atoms with Crippen molar-refractivity contribution in [2.75, 3.05) is 18.1 Å². The molecular formula is C13H22N2O4S. The number of rotatable bonds is 4. The largest absolute Gasteiger partial charge is 0.350 e. The highest BCUT2D eigenvalue weighted by molar-refractivity contribution is 7.91. The number of hydrogen-bond acceptors (Lipinski definition) is 4. The first-order valence-corrected chi connectivity index (χ1v) is 8.96. The van der Waals surface area contributed by atoms with E-state index in [0.29, 0.717) is 19.4 Å². The summed E-state index contributed by atoms with van der Waals surface area (Å²) in [4.78, 5) is 25.7. The maximum Gasteiger partial charge on any atom is 0.243 e. The number of carbonyl (C=O) groups excluding carboxylic acids is 2. The number of nitrogens with zero attached hydrogens (tertiary/aromatic N) is 1. The lowest BCUT2D eigenvalue weighted by molar-refractivity contribution is -0.137. The molecule has 114 valence electrons. The number of amides is 2. The molecule has 2 amide bonds. The van der Waals surface area contributed by atoms with Crippen LogP contribution in [0.3, 0.4) is 0 Å². The summed E-state index contributed by atoms with van der Waals surface area (Å²) in [5, 5.41) is 2.82. The lowest BCUT2D eigenvalue weighted by atomic mass is 10.1. The summed E-state index contributed by atoms with van der Waals surface area (Å²) >= 11 is 0. The van der Waals surface area contributed by atoms with E-state index in [9.17, 15) is 18.0 Å². The second kappa shape index (κ2) is 5.71. The Morgan fingerprint density at radius 1 is 1.45 bits per heavy atom. The molecule has 2 aliphatic rings. The Bertz CT molecular complexity index is 503. The van der Waals surface area contributed by atoms with Gasteiger partial charge in [-0.2, -0.15) is 0 Å². The minimum Gasteiger partial charge on any atom is -0.350 e. The fourth-order valence-corrected chi connectivity index (χ4v) is 5.16. The van der Waals surface area contributed by atoms with Crippen LogP contribution in [0.4, 0.5) is 0 Å². The fraction of sp³-hybridized carbons (Fsp3) is 0.846. The van der Waals surface area contributed by atoms with Crippen molar-refractivity contribution in [2.24, 2.45) is 5.92 Å². The van der Waals surface area contributed by atoms with E-state index < -0.39 is 15.9 Å². The van der Waals surface area contributed by atoms with Gasteiger partial charge in [-0.15, -0.1) is 0 Å². The summed E-state index contributed by atoms with van der Waals surface area (Å²) in [6.45, 7) is 4.31. The second-order valence-electron chi connectivity index (χ2n) is 5.78. The third kappa shape index (κ3) is 3.13. The van der Waals surface area contributed by atoms with Gasteiger partial charge >= 0.3 is 0 Å². The number of hydrogen-bond donors (Lipinski definition) is 1. The molecule has 3 atom stereocenters. The van der Waals surface area contributed by atoms with Crippen molar-refractivity contribution in [3.05, 3.63) is 0 Å². The number of carbonyl (C=O) groups is 2. The molecule has 2 saturated heterocycles. The lowest BCUT2D eigenvalue weighted by Gasteiger charge is -2.27. The van der Waals surface area contributed by atoms with Gasteiger partial charge in [0.1, 0.15) is 6.04 Å². The van der Waals surface area contributed by atoms with Crippen molar-refractivity contribution >= 4 is 21.7 Å². The normalized spacial score (nSPS) is 30.5. The SMILES string of the molecule is CCC(C(=O)N[C@@H]1CS(=O)(=O)C[C@@H]1C)N1CCCC1=O. The van der Waals surface area contributed by atoms with Crippen LogP contribution in [0.1, 0.15) is 33.1 Å². The molecular weight excluding hydrogens is 280 g/mol. The highest BCUT2D eigenvalue weighted by atomic mass is 32.2. The van der Waals surface area contributed by atoms with Crippen molar-refractivity contribution in [3.63, 3.8) is 0 Å². The van der Waals surface area contributed by atoms with E-state index in [1.54, 1.807) is 4.90 Å². The zero-order chi connectivity index (χ0) is 14.9. The first kappa shape index (κ1) is 15.3. The van der Waals surface area contributed by atoms with Crippen LogP contribution in [0.15, 0.2) is 0 Å². The minimum absolute atomic E-state index is 0.00425. The van der Waals surface area contributed by atoms with E-state index >= 15 is 0 Å². The van der Waals surface area contributed by atoms with Gasteiger partial charge in [-0.1, -0.05) is 13.8 Å². The van der Waals surface area contributed by atoms with Crippen LogP contribution in [0.5, 0.6) is 0 Å². The van der Waals surface area contributed by atoms with E-state index in [0.717, 1.165) is 6.42 Å². The molecule has 0 aliphatic carbocycles. The number of likely N-dealkylation sites (tertiary alicyclic amines) is 1. The Labute approximate surface area is 119 Å². The van der Waals surface area contributed by atoms with Crippen molar-refractivity contribution in [1.29, 1.82) is 0 Å². The van der Waals surface area contributed by atoms with Crippen molar-refractivity contribution < 1.29 is 18.0 Å². The molecule has 1 unspecified atom stereocenters. The van der Waals surface area contributed by atoms with Crippen LogP contribution in [-0.4, -0.2) is 55.3 Å². The maximum absolute atomic E-state index is 12.3.